The lowest BCUT2D eigenvalue weighted by Gasteiger charge is -2.39. The number of aliphatic carboxylic acids is 1. The molecule has 3 rings (SSSR count). The normalized spacial score (nSPS) is 17.3. The Labute approximate surface area is 548 Å². The van der Waals surface area contributed by atoms with Crippen molar-refractivity contribution in [3.63, 3.8) is 0 Å². The van der Waals surface area contributed by atoms with Crippen LogP contribution in [0.1, 0.15) is 147 Å². The number of carboxylic acid groups (broad SMARTS) is 1. The number of nitrogens with zero attached hydrogens (tertiary/aromatic N) is 3. The molecule has 1 aliphatic rings. The van der Waals surface area contributed by atoms with E-state index >= 15 is 0 Å². The number of rotatable bonds is 40. The lowest BCUT2D eigenvalue weighted by atomic mass is 9.92. The standard InChI is InChI=1S/C60H95N9O20S3/c1-10-14-49(76)88-32-69(58(83)50(34(5)11-2)65-56(82)43-15-12-13-22-68(43)9)44(33(3)4)27-47(89-37(8)71)57-64-41(30-90-57)55(81)62-39(26-38-17-19-40(72)20-18-38)25-36(7)54(80)66-67-60(86)87-23-24-91-92-31-42(59(84)85)63-53(79)35(6)16-21-48(75)61-28-45(73)51(77)52(78)46(74)29-70/h17-20,30,33-36,39,42-47,50-52,70,72-74,77-78H,10-16,21-29,31-32H2,1-9H3,(H,61,75)(H,62,81)(H,63,79)(H,65,82)(H,66,80)(H,67,86)(H,84,85)/t34?,35-,36-,39+,42+,43+,44+,45-,46+,47+,50-,51+,52+/m0/s1. The molecule has 1 aromatic carbocycles. The summed E-state index contributed by atoms with van der Waals surface area (Å²) in [5.74, 6) is -8.15. The number of carbonyl (C=O) groups excluding carboxylic acids is 9. The lowest BCUT2D eigenvalue weighted by molar-refractivity contribution is -0.160. The molecular formula is C60H95N9O20S3. The highest BCUT2D eigenvalue weighted by Crippen LogP contribution is 2.32. The van der Waals surface area contributed by atoms with Gasteiger partial charge in [-0.25, -0.2) is 20.0 Å². The van der Waals surface area contributed by atoms with Gasteiger partial charge in [-0.05, 0) is 81.6 Å². The van der Waals surface area contributed by atoms with E-state index in [-0.39, 0.29) is 90.8 Å². The Morgan fingerprint density at radius 1 is 0.837 bits per heavy atom. The molecule has 0 spiro atoms. The van der Waals surface area contributed by atoms with E-state index in [0.29, 0.717) is 24.8 Å². The van der Waals surface area contributed by atoms with Gasteiger partial charge in [-0.1, -0.05) is 95.0 Å². The van der Waals surface area contributed by atoms with E-state index in [2.05, 4.69) is 37.1 Å². The van der Waals surface area contributed by atoms with Crippen LogP contribution in [0.15, 0.2) is 29.6 Å². The molecule has 2 heterocycles. The van der Waals surface area contributed by atoms with E-state index in [4.69, 9.17) is 19.3 Å². The third kappa shape index (κ3) is 27.7. The van der Waals surface area contributed by atoms with E-state index in [1.54, 1.807) is 19.1 Å². The Balaban J connectivity index is 1.64. The quantitative estimate of drug-likeness (QED) is 0.0113. The van der Waals surface area contributed by atoms with Crippen molar-refractivity contribution in [2.24, 2.45) is 23.7 Å². The smallest absolute Gasteiger partial charge is 0.426 e. The number of carboxylic acids is 1. The number of hydrazine groups is 1. The van der Waals surface area contributed by atoms with Gasteiger partial charge in [0, 0.05) is 73.5 Å². The highest BCUT2D eigenvalue weighted by Gasteiger charge is 2.40. The van der Waals surface area contributed by atoms with Crippen LogP contribution in [0.2, 0.25) is 0 Å². The highest BCUT2D eigenvalue weighted by atomic mass is 33.1. The maximum Gasteiger partial charge on any atom is 0.426 e. The van der Waals surface area contributed by atoms with E-state index in [1.165, 1.54) is 36.3 Å². The van der Waals surface area contributed by atoms with Crippen molar-refractivity contribution >= 4 is 92.4 Å². The summed E-state index contributed by atoms with van der Waals surface area (Å²) in [6.45, 7) is 12.3. The summed E-state index contributed by atoms with van der Waals surface area (Å²) in [7, 11) is 4.07. The van der Waals surface area contributed by atoms with Gasteiger partial charge in [0.1, 0.15) is 53.5 Å². The van der Waals surface area contributed by atoms with E-state index < -0.39 is 146 Å². The van der Waals surface area contributed by atoms with Crippen LogP contribution in [0.4, 0.5) is 4.79 Å². The second-order valence-corrected chi connectivity index (χ2v) is 26.8. The zero-order valence-corrected chi connectivity index (χ0v) is 56.2. The summed E-state index contributed by atoms with van der Waals surface area (Å²) >= 11 is 1.03. The molecule has 32 heteroatoms. The summed E-state index contributed by atoms with van der Waals surface area (Å²) < 4.78 is 16.7. The fraction of sp³-hybridized carbons (Fsp3) is 0.683. The Morgan fingerprint density at radius 3 is 2.14 bits per heavy atom. The topological polar surface area (TPSA) is 432 Å². The molecule has 0 radical (unpaired) electrons. The SMILES string of the molecule is CCCC(=O)OCN(C(=O)[C@@H](NC(=O)[C@H]1CCCCN1C)C(C)CC)[C@H](C[C@@H](OC(C)=O)c1nc(C(=O)N[C@@H](Cc2ccc(O)cc2)C[C@H](C)C(=O)NNC(=O)OCCSSC[C@@H](NC(=O)[C@@H](C)CCC(=O)NC[C@H](O)[C@@H](O)[C@H](O)[C@H](O)CO)C(=O)O)cs1)C(C)C. The fourth-order valence-corrected chi connectivity index (χ4v) is 12.5. The first-order valence-electron chi connectivity index (χ1n) is 30.8. The summed E-state index contributed by atoms with van der Waals surface area (Å²) in [6, 6.07) is 1.96. The number of phenolic OH excluding ortho intramolecular Hbond substituents is 1. The van der Waals surface area contributed by atoms with Gasteiger partial charge in [-0.15, -0.1) is 11.3 Å². The van der Waals surface area contributed by atoms with Gasteiger partial charge < -0.3 is 76.1 Å². The lowest BCUT2D eigenvalue weighted by Crippen LogP contribution is -2.59. The van der Waals surface area contributed by atoms with Gasteiger partial charge in [-0.2, -0.15) is 0 Å². The van der Waals surface area contributed by atoms with Crippen molar-refractivity contribution < 1.29 is 97.9 Å². The Morgan fingerprint density at radius 2 is 1.52 bits per heavy atom. The van der Waals surface area contributed by atoms with Gasteiger partial charge in [-0.3, -0.25) is 48.7 Å². The zero-order valence-electron chi connectivity index (χ0n) is 53.7. The van der Waals surface area contributed by atoms with Gasteiger partial charge in [0.2, 0.25) is 29.5 Å². The van der Waals surface area contributed by atoms with Gasteiger partial charge in [0.25, 0.3) is 5.91 Å². The summed E-state index contributed by atoms with van der Waals surface area (Å²) in [4.78, 5) is 140. The number of likely N-dealkylation sites (N-methyl/N-ethyl adjacent to an activating group) is 1. The second kappa shape index (κ2) is 41.3. The van der Waals surface area contributed by atoms with Crippen LogP contribution < -0.4 is 32.1 Å². The number of hydrogen-bond acceptors (Lipinski definition) is 24. The fourth-order valence-electron chi connectivity index (χ4n) is 9.65. The number of likely N-dealkylation sites (tertiary alicyclic amines) is 1. The number of thiazole rings is 1. The summed E-state index contributed by atoms with van der Waals surface area (Å²) in [6.07, 6.45) is -5.80. The number of carbonyl (C=O) groups is 10. The first-order chi connectivity index (χ1) is 43.5. The van der Waals surface area contributed by atoms with E-state index in [1.807, 2.05) is 46.6 Å². The zero-order chi connectivity index (χ0) is 68.8. The molecule has 1 fully saturated rings. The number of esters is 2. The number of piperidine rings is 1. The number of benzene rings is 1. The predicted octanol–water partition coefficient (Wildman–Crippen LogP) is 2.06. The van der Waals surface area contributed by atoms with Crippen molar-refractivity contribution in [2.45, 2.75) is 187 Å². The molecule has 0 bridgehead atoms. The van der Waals surface area contributed by atoms with Crippen LogP contribution in [0.5, 0.6) is 5.75 Å². The molecule has 13 atom stereocenters. The van der Waals surface area contributed by atoms with Gasteiger partial charge in [0.15, 0.2) is 12.8 Å². The van der Waals surface area contributed by atoms with Crippen LogP contribution in [0.25, 0.3) is 0 Å². The minimum absolute atomic E-state index is 0.00204. The van der Waals surface area contributed by atoms with Crippen molar-refractivity contribution in [3.8, 4) is 5.75 Å². The average molecular weight is 1360 g/mol. The van der Waals surface area contributed by atoms with Crippen LogP contribution in [-0.2, 0) is 59.0 Å². The molecule has 1 aromatic heterocycles. The third-order valence-corrected chi connectivity index (χ3v) is 18.8. The molecule has 0 saturated carbocycles. The molecule has 7 amide bonds. The van der Waals surface area contributed by atoms with Crippen molar-refractivity contribution in [3.05, 3.63) is 45.9 Å². The van der Waals surface area contributed by atoms with E-state index in [0.717, 1.165) is 52.3 Å². The first kappa shape index (κ1) is 79.8. The molecule has 518 valence electrons. The van der Waals surface area contributed by atoms with Crippen LogP contribution in [-0.4, -0.2) is 216 Å². The average Bonchev–Trinajstić information content (AvgIpc) is 1.26. The molecular weight excluding hydrogens is 1260 g/mol. The first-order valence-corrected chi connectivity index (χ1v) is 34.2. The molecule has 1 aliphatic heterocycles. The predicted molar refractivity (Wildman–Crippen MR) is 341 cm³/mol. The monoisotopic (exact) mass is 1360 g/mol. The highest BCUT2D eigenvalue weighted by molar-refractivity contribution is 8.76. The summed E-state index contributed by atoms with van der Waals surface area (Å²) in [5, 5.41) is 80.1. The van der Waals surface area contributed by atoms with Crippen molar-refractivity contribution in [1.82, 2.24) is 46.9 Å². The molecule has 0 aliphatic carbocycles. The van der Waals surface area contributed by atoms with Crippen molar-refractivity contribution in [2.75, 3.05) is 51.6 Å². The largest absolute Gasteiger partial charge is 0.508 e. The Kier molecular flexibility index (Phi) is 35.9. The number of nitrogens with one attached hydrogen (secondary N) is 6. The number of aliphatic hydroxyl groups is 5. The van der Waals surface area contributed by atoms with Crippen LogP contribution in [0, 0.1) is 23.7 Å². The molecule has 29 nitrogen and oxygen atoms in total. The third-order valence-electron chi connectivity index (χ3n) is 15.5. The minimum atomic E-state index is -1.88. The number of aliphatic hydroxyl groups excluding tert-OH is 5. The number of hydrogen-bond donors (Lipinski definition) is 13. The van der Waals surface area contributed by atoms with E-state index in [9.17, 15) is 78.6 Å². The molecule has 13 N–H and O–H groups in total. The molecule has 2 aromatic rings. The maximum absolute atomic E-state index is 15.0. The number of aromatic nitrogens is 1. The second-order valence-electron chi connectivity index (χ2n) is 23.3. The molecule has 1 saturated heterocycles. The number of ether oxygens (including phenoxy) is 3. The molecule has 1 unspecified atom stereocenters. The van der Waals surface area contributed by atoms with Crippen LogP contribution in [0.3, 0.4) is 0 Å². The summed E-state index contributed by atoms with van der Waals surface area (Å²) in [5.41, 5.74) is 5.11. The molecule has 92 heavy (non-hydrogen) atoms. The number of phenols is 1. The Hall–Kier alpha value is -6.39. The number of aromatic hydroxyl groups is 1. The van der Waals surface area contributed by atoms with Gasteiger partial charge >= 0.3 is 24.0 Å². The van der Waals surface area contributed by atoms with Crippen LogP contribution >= 0.6 is 32.9 Å². The number of amides is 7. The Bertz CT molecular complexity index is 2700. The van der Waals surface area contributed by atoms with Gasteiger partial charge in [0.05, 0.1) is 18.8 Å². The van der Waals surface area contributed by atoms with Crippen molar-refractivity contribution in [1.29, 1.82) is 0 Å². The maximum atomic E-state index is 15.0. The minimum Gasteiger partial charge on any atom is -0.508 e.